The smallest absolute Gasteiger partial charge is 0.0466 e. The van der Waals surface area contributed by atoms with E-state index < -0.39 is 0 Å². The van der Waals surface area contributed by atoms with Gasteiger partial charge in [0.25, 0.3) is 0 Å². The van der Waals surface area contributed by atoms with E-state index in [-0.39, 0.29) is 48.9 Å². The van der Waals surface area contributed by atoms with Gasteiger partial charge >= 0.3 is 0 Å². The van der Waals surface area contributed by atoms with Crippen molar-refractivity contribution in [1.82, 2.24) is 0 Å². The molecule has 2 aliphatic carbocycles. The molecule has 0 aromatic rings. The first-order chi connectivity index (χ1) is 17.9. The van der Waals surface area contributed by atoms with Gasteiger partial charge in [0.1, 0.15) is 0 Å². The van der Waals surface area contributed by atoms with Crippen LogP contribution in [0.25, 0.3) is 0 Å². The molecule has 0 aromatic carbocycles. The van der Waals surface area contributed by atoms with Crippen LogP contribution in [0.5, 0.6) is 0 Å². The molecule has 0 atom stereocenters. The van der Waals surface area contributed by atoms with Crippen molar-refractivity contribution in [3.05, 3.63) is 61.2 Å². The minimum absolute atomic E-state index is 0. The molecule has 0 amide bonds. The summed E-state index contributed by atoms with van der Waals surface area (Å²) in [7, 11) is 0. The van der Waals surface area contributed by atoms with Gasteiger partial charge in [-0.1, -0.05) is 83.1 Å². The average Bonchev–Trinajstić information content (AvgIpc) is 3.67. The summed E-state index contributed by atoms with van der Waals surface area (Å²) in [6.45, 7) is 31.3. The summed E-state index contributed by atoms with van der Waals surface area (Å²) in [5, 5.41) is 0. The summed E-state index contributed by atoms with van der Waals surface area (Å²) < 4.78 is 9.89. The van der Waals surface area contributed by atoms with Crippen LogP contribution in [0.1, 0.15) is 109 Å². The standard InChI is InChI=1S/2C14H23.2C4H8O.Ba/c2*1-9(2)12-7-13(10(3)4)14(8-12)11(5)6;2*1-2-4-5-3-1;/h2*7-11H,1-6H3;2*1-4H2;. The summed E-state index contributed by atoms with van der Waals surface area (Å²) in [5.41, 5.74) is 0. The molecule has 39 heavy (non-hydrogen) atoms. The second-order valence-corrected chi connectivity index (χ2v) is 13.0. The first-order valence-electron chi connectivity index (χ1n) is 15.6. The van der Waals surface area contributed by atoms with Crippen molar-refractivity contribution in [2.75, 3.05) is 26.4 Å². The van der Waals surface area contributed by atoms with E-state index in [1.165, 1.54) is 37.5 Å². The third-order valence-electron chi connectivity index (χ3n) is 7.43. The van der Waals surface area contributed by atoms with Gasteiger partial charge in [-0.05, 0) is 122 Å². The van der Waals surface area contributed by atoms with E-state index >= 15 is 0 Å². The molecule has 0 spiro atoms. The molecule has 0 N–H and O–H groups in total. The van der Waals surface area contributed by atoms with E-state index in [2.05, 4.69) is 109 Å². The predicted molar refractivity (Wildman–Crippen MR) is 172 cm³/mol. The molecule has 2 nitrogen and oxygen atoms in total. The Morgan fingerprint density at radius 2 is 0.590 bits per heavy atom. The average molecular weight is 664 g/mol. The molecule has 0 bridgehead atoms. The van der Waals surface area contributed by atoms with Gasteiger partial charge in [0.15, 0.2) is 0 Å². The maximum Gasteiger partial charge on any atom is 0.0466 e. The minimum Gasteiger partial charge on any atom is -0.381 e. The second kappa shape index (κ2) is 22.1. The van der Waals surface area contributed by atoms with E-state index in [0.717, 1.165) is 26.4 Å². The first-order valence-corrected chi connectivity index (χ1v) is 15.6. The molecule has 2 aliphatic heterocycles. The third kappa shape index (κ3) is 15.7. The van der Waals surface area contributed by atoms with Gasteiger partial charge in [-0.3, -0.25) is 0 Å². The largest absolute Gasteiger partial charge is 0.381 e. The molecule has 0 aromatic heterocycles. The molecule has 4 fully saturated rings. The van der Waals surface area contributed by atoms with Crippen LogP contribution in [-0.2, 0) is 9.47 Å². The quantitative estimate of drug-likeness (QED) is 0.264. The molecule has 3 heteroatoms. The minimum atomic E-state index is 0. The van der Waals surface area contributed by atoms with E-state index in [1.54, 1.807) is 23.7 Å². The van der Waals surface area contributed by atoms with Crippen molar-refractivity contribution in [1.29, 1.82) is 0 Å². The van der Waals surface area contributed by atoms with Gasteiger partial charge in [-0.15, -0.1) is 0 Å². The molecule has 4 rings (SSSR count). The van der Waals surface area contributed by atoms with Gasteiger partial charge in [0.05, 0.1) is 0 Å². The van der Waals surface area contributed by atoms with Crippen molar-refractivity contribution in [3.8, 4) is 0 Å². The van der Waals surface area contributed by atoms with Crippen LogP contribution in [0.3, 0.4) is 0 Å². The number of hydrogen-bond acceptors (Lipinski definition) is 2. The van der Waals surface area contributed by atoms with Crippen LogP contribution in [-0.4, -0.2) is 75.3 Å². The van der Waals surface area contributed by atoms with E-state index in [0.29, 0.717) is 35.5 Å². The van der Waals surface area contributed by atoms with Crippen LogP contribution in [0.15, 0.2) is 0 Å². The van der Waals surface area contributed by atoms with Crippen molar-refractivity contribution < 1.29 is 9.47 Å². The molecule has 2 saturated heterocycles. The Morgan fingerprint density at radius 1 is 0.385 bits per heavy atom. The second-order valence-electron chi connectivity index (χ2n) is 13.0. The Balaban J connectivity index is 0.000000537. The first kappa shape index (κ1) is 40.5. The van der Waals surface area contributed by atoms with Crippen LogP contribution in [0.2, 0.25) is 0 Å². The summed E-state index contributed by atoms with van der Waals surface area (Å²) >= 11 is 0. The van der Waals surface area contributed by atoms with Crippen molar-refractivity contribution in [2.45, 2.75) is 109 Å². The summed E-state index contributed by atoms with van der Waals surface area (Å²) in [6, 6.07) is 0. The van der Waals surface area contributed by atoms with Crippen molar-refractivity contribution in [2.24, 2.45) is 35.5 Å². The van der Waals surface area contributed by atoms with Crippen LogP contribution < -0.4 is 0 Å². The molecule has 12 radical (unpaired) electrons. The predicted octanol–water partition coefficient (Wildman–Crippen LogP) is 9.41. The van der Waals surface area contributed by atoms with Crippen molar-refractivity contribution in [3.63, 3.8) is 0 Å². The zero-order chi connectivity index (χ0) is 28.8. The van der Waals surface area contributed by atoms with Gasteiger partial charge in [-0.25, -0.2) is 0 Å². The Morgan fingerprint density at radius 3 is 0.692 bits per heavy atom. The zero-order valence-corrected chi connectivity index (χ0v) is 32.4. The van der Waals surface area contributed by atoms with Crippen LogP contribution in [0.4, 0.5) is 0 Å². The van der Waals surface area contributed by atoms with Crippen LogP contribution in [0, 0.1) is 96.7 Å². The Bertz CT molecular complexity index is 465. The fraction of sp³-hybridized carbons (Fsp3) is 0.722. The third-order valence-corrected chi connectivity index (χ3v) is 7.43. The fourth-order valence-electron chi connectivity index (χ4n) is 4.82. The van der Waals surface area contributed by atoms with E-state index in [9.17, 15) is 0 Å². The summed E-state index contributed by atoms with van der Waals surface area (Å²) in [4.78, 5) is 0. The Labute approximate surface area is 287 Å². The van der Waals surface area contributed by atoms with Crippen LogP contribution >= 0.6 is 0 Å². The molecule has 0 unspecified atom stereocenters. The van der Waals surface area contributed by atoms with E-state index in [4.69, 9.17) is 9.47 Å². The summed E-state index contributed by atoms with van der Waals surface area (Å²) in [6.07, 6.45) is 14.7. The van der Waals surface area contributed by atoms with Gasteiger partial charge < -0.3 is 9.47 Å². The number of rotatable bonds is 6. The Kier molecular flexibility index (Phi) is 22.9. The van der Waals surface area contributed by atoms with Gasteiger partial charge in [0.2, 0.25) is 0 Å². The van der Waals surface area contributed by atoms with E-state index in [1.807, 2.05) is 0 Å². The van der Waals surface area contributed by atoms with Gasteiger partial charge in [-0.2, -0.15) is 0 Å². The Hall–Kier alpha value is 1.49. The van der Waals surface area contributed by atoms with Gasteiger partial charge in [0, 0.05) is 75.3 Å². The maximum absolute atomic E-state index is 4.94. The topological polar surface area (TPSA) is 18.5 Å². The molecular weight excluding hydrogens is 602 g/mol. The molecule has 2 heterocycles. The zero-order valence-electron chi connectivity index (χ0n) is 28.0. The molecule has 2 saturated carbocycles. The normalized spacial score (nSPS) is 22.0. The molecule has 220 valence electrons. The van der Waals surface area contributed by atoms with Crippen molar-refractivity contribution >= 4 is 48.9 Å². The monoisotopic (exact) mass is 664 g/mol. The SMILES string of the molecule is C1CCOC1.C1CCOC1.CC(C)[C]1[CH][C](C(C)C)[C](C(C)C)[CH]1.CC(C)[C]1[CH][C](C(C)C)[C](C(C)C)[CH]1.[Ba]. The molecular formula is C36H62BaO2. The molecule has 4 aliphatic rings. The maximum atomic E-state index is 4.94. The number of ether oxygens (including phenoxy) is 2. The summed E-state index contributed by atoms with van der Waals surface area (Å²) in [5.74, 6) is 13.1. The fourth-order valence-corrected chi connectivity index (χ4v) is 4.82. The number of hydrogen-bond donors (Lipinski definition) is 0.